The smallest absolute Gasteiger partial charge is 0.404 e. The Morgan fingerprint density at radius 2 is 2.03 bits per heavy atom. The van der Waals surface area contributed by atoms with Crippen molar-refractivity contribution >= 4 is 23.6 Å². The van der Waals surface area contributed by atoms with E-state index in [0.717, 1.165) is 28.7 Å². The zero-order valence-corrected chi connectivity index (χ0v) is 21.2. The van der Waals surface area contributed by atoms with E-state index in [0.29, 0.717) is 23.7 Å². The fraction of sp³-hybridized carbons (Fsp3) is 0.333. The molecule has 1 heterocycles. The minimum absolute atomic E-state index is 0.0606. The summed E-state index contributed by atoms with van der Waals surface area (Å²) >= 11 is 6.26. The summed E-state index contributed by atoms with van der Waals surface area (Å²) in [5.41, 5.74) is 4.25. The SMILES string of the molecule is CN[C@H](CNC(=O)c1cccc([C@@H](OCCNC(=O)O)c2cc(Cl)ccc2C)c1)CC1=CC=COC1. The van der Waals surface area contributed by atoms with Gasteiger partial charge < -0.3 is 30.5 Å². The van der Waals surface area contributed by atoms with E-state index in [9.17, 15) is 9.59 Å². The van der Waals surface area contributed by atoms with Crippen molar-refractivity contribution in [3.63, 3.8) is 0 Å². The number of nitrogens with one attached hydrogen (secondary N) is 3. The molecule has 8 nitrogen and oxygen atoms in total. The molecule has 0 spiro atoms. The van der Waals surface area contributed by atoms with Crippen LogP contribution in [0.1, 0.15) is 39.6 Å². The van der Waals surface area contributed by atoms with Crippen LogP contribution in [0.2, 0.25) is 5.02 Å². The fourth-order valence-electron chi connectivity index (χ4n) is 3.91. The predicted octanol–water partition coefficient (Wildman–Crippen LogP) is 4.20. The molecule has 0 aromatic heterocycles. The van der Waals surface area contributed by atoms with Crippen LogP contribution in [0, 0.1) is 6.92 Å². The van der Waals surface area contributed by atoms with Gasteiger partial charge in [-0.05, 0) is 73.0 Å². The summed E-state index contributed by atoms with van der Waals surface area (Å²) in [4.78, 5) is 23.8. The lowest BCUT2D eigenvalue weighted by atomic mass is 9.96. The lowest BCUT2D eigenvalue weighted by Gasteiger charge is -2.22. The summed E-state index contributed by atoms with van der Waals surface area (Å²) in [7, 11) is 1.87. The van der Waals surface area contributed by atoms with Crippen molar-refractivity contribution in [2.75, 3.05) is 33.4 Å². The van der Waals surface area contributed by atoms with Crippen molar-refractivity contribution in [3.05, 3.63) is 93.7 Å². The minimum Gasteiger partial charge on any atom is -0.497 e. The maximum Gasteiger partial charge on any atom is 0.404 e. The lowest BCUT2D eigenvalue weighted by molar-refractivity contribution is 0.0809. The second kappa shape index (κ2) is 13.7. The maximum absolute atomic E-state index is 13.0. The second-order valence-electron chi connectivity index (χ2n) is 8.47. The standard InChI is InChI=1S/C27H32ClN3O5/c1-18-8-9-22(28)15-24(18)25(36-12-10-30-27(33)34)20-6-3-7-21(14-20)26(32)31-16-23(29-2)13-19-5-4-11-35-17-19/h3-9,11,14-15,23,25,29-30H,10,12-13,16-17H2,1-2H3,(H,31,32)(H,33,34)/t23-,25+/m0/s1. The first kappa shape index (κ1) is 27.3. The Labute approximate surface area is 216 Å². The molecule has 0 unspecified atom stereocenters. The van der Waals surface area contributed by atoms with E-state index in [4.69, 9.17) is 26.2 Å². The van der Waals surface area contributed by atoms with Crippen LogP contribution in [-0.4, -0.2) is 56.5 Å². The molecule has 1 aliphatic rings. The Morgan fingerprint density at radius 3 is 2.75 bits per heavy atom. The minimum atomic E-state index is -1.11. The molecule has 0 saturated heterocycles. The van der Waals surface area contributed by atoms with Gasteiger partial charge in [-0.2, -0.15) is 0 Å². The van der Waals surface area contributed by atoms with Gasteiger partial charge in [0.25, 0.3) is 5.91 Å². The van der Waals surface area contributed by atoms with Crippen LogP contribution in [0.5, 0.6) is 0 Å². The van der Waals surface area contributed by atoms with Gasteiger partial charge in [-0.15, -0.1) is 0 Å². The number of carboxylic acid groups (broad SMARTS) is 1. The van der Waals surface area contributed by atoms with E-state index in [1.54, 1.807) is 24.5 Å². The normalized spacial score (nSPS) is 14.4. The number of hydrogen-bond donors (Lipinski definition) is 4. The maximum atomic E-state index is 13.0. The Balaban J connectivity index is 1.73. The molecule has 3 rings (SSSR count). The highest BCUT2D eigenvalue weighted by atomic mass is 35.5. The highest BCUT2D eigenvalue weighted by Gasteiger charge is 2.20. The number of amides is 2. The topological polar surface area (TPSA) is 109 Å². The van der Waals surface area contributed by atoms with Crippen molar-refractivity contribution in [3.8, 4) is 0 Å². The van der Waals surface area contributed by atoms with Crippen LogP contribution in [-0.2, 0) is 9.47 Å². The number of carbonyl (C=O) groups is 2. The Morgan fingerprint density at radius 1 is 1.19 bits per heavy atom. The summed E-state index contributed by atoms with van der Waals surface area (Å²) < 4.78 is 11.4. The number of benzene rings is 2. The Bertz CT molecular complexity index is 1120. The average Bonchev–Trinajstić information content (AvgIpc) is 2.88. The molecule has 2 aromatic carbocycles. The van der Waals surface area contributed by atoms with E-state index in [1.165, 1.54) is 0 Å². The number of likely N-dealkylation sites (N-methyl/N-ethyl adjacent to an activating group) is 1. The molecule has 4 N–H and O–H groups in total. The zero-order chi connectivity index (χ0) is 25.9. The summed E-state index contributed by atoms with van der Waals surface area (Å²) in [6, 6.07) is 12.8. The van der Waals surface area contributed by atoms with Gasteiger partial charge in [-0.3, -0.25) is 4.79 Å². The fourth-order valence-corrected chi connectivity index (χ4v) is 4.09. The number of halogens is 1. The third-order valence-corrected chi connectivity index (χ3v) is 6.07. The van der Waals surface area contributed by atoms with E-state index in [2.05, 4.69) is 16.0 Å². The monoisotopic (exact) mass is 513 g/mol. The van der Waals surface area contributed by atoms with Crippen LogP contribution in [0.3, 0.4) is 0 Å². The molecule has 0 radical (unpaired) electrons. The summed E-state index contributed by atoms with van der Waals surface area (Å²) in [5, 5.41) is 18.0. The van der Waals surface area contributed by atoms with E-state index >= 15 is 0 Å². The average molecular weight is 514 g/mol. The van der Waals surface area contributed by atoms with Gasteiger partial charge in [-0.25, -0.2) is 4.79 Å². The van der Waals surface area contributed by atoms with Gasteiger partial charge >= 0.3 is 6.09 Å². The molecular formula is C27H32ClN3O5. The lowest BCUT2D eigenvalue weighted by Crippen LogP contribution is -2.39. The van der Waals surface area contributed by atoms with E-state index < -0.39 is 12.2 Å². The molecule has 192 valence electrons. The molecule has 1 aliphatic heterocycles. The van der Waals surface area contributed by atoms with Crippen molar-refractivity contribution in [2.45, 2.75) is 25.5 Å². The van der Waals surface area contributed by atoms with E-state index in [-0.39, 0.29) is 25.1 Å². The number of hydrogen-bond acceptors (Lipinski definition) is 5. The number of ether oxygens (including phenoxy) is 2. The quantitative estimate of drug-likeness (QED) is 0.317. The Kier molecular flexibility index (Phi) is 10.4. The van der Waals surface area contributed by atoms with Crippen molar-refractivity contribution < 1.29 is 24.2 Å². The predicted molar refractivity (Wildman–Crippen MR) is 139 cm³/mol. The van der Waals surface area contributed by atoms with Gasteiger partial charge in [0.15, 0.2) is 0 Å². The first-order valence-corrected chi connectivity index (χ1v) is 12.1. The van der Waals surface area contributed by atoms with Crippen LogP contribution in [0.25, 0.3) is 0 Å². The molecular weight excluding hydrogens is 482 g/mol. The zero-order valence-electron chi connectivity index (χ0n) is 20.4. The van der Waals surface area contributed by atoms with Gasteiger partial charge in [0.1, 0.15) is 12.7 Å². The molecule has 0 fully saturated rings. The molecule has 2 aromatic rings. The number of rotatable bonds is 12. The van der Waals surface area contributed by atoms with Crippen LogP contribution < -0.4 is 16.0 Å². The molecule has 0 saturated carbocycles. The van der Waals surface area contributed by atoms with Crippen LogP contribution in [0.15, 0.2) is 66.5 Å². The number of carbonyl (C=O) groups excluding carboxylic acids is 1. The number of aryl methyl sites for hydroxylation is 1. The van der Waals surface area contributed by atoms with Gasteiger partial charge in [0, 0.05) is 29.7 Å². The molecule has 36 heavy (non-hydrogen) atoms. The first-order valence-electron chi connectivity index (χ1n) is 11.7. The number of allylic oxidation sites excluding steroid dienone is 2. The van der Waals surface area contributed by atoms with Gasteiger partial charge in [-0.1, -0.05) is 35.9 Å². The molecule has 2 amide bonds. The molecule has 2 atom stereocenters. The van der Waals surface area contributed by atoms with Crippen molar-refractivity contribution in [2.24, 2.45) is 0 Å². The first-order chi connectivity index (χ1) is 17.4. The van der Waals surface area contributed by atoms with Crippen molar-refractivity contribution in [1.82, 2.24) is 16.0 Å². The highest BCUT2D eigenvalue weighted by Crippen LogP contribution is 2.31. The molecule has 0 aliphatic carbocycles. The molecule has 9 heteroatoms. The summed E-state index contributed by atoms with van der Waals surface area (Å²) in [5.74, 6) is -0.194. The second-order valence-corrected chi connectivity index (χ2v) is 8.91. The van der Waals surface area contributed by atoms with Crippen LogP contribution >= 0.6 is 11.6 Å². The van der Waals surface area contributed by atoms with Gasteiger partial charge in [0.2, 0.25) is 0 Å². The third kappa shape index (κ3) is 8.12. The summed E-state index contributed by atoms with van der Waals surface area (Å²) in [6.07, 6.45) is 4.68. The largest absolute Gasteiger partial charge is 0.497 e. The van der Waals surface area contributed by atoms with E-state index in [1.807, 2.05) is 50.4 Å². The van der Waals surface area contributed by atoms with Crippen molar-refractivity contribution in [1.29, 1.82) is 0 Å². The van der Waals surface area contributed by atoms with Gasteiger partial charge in [0.05, 0.1) is 12.9 Å². The summed E-state index contributed by atoms with van der Waals surface area (Å²) in [6.45, 7) is 3.24. The Hall–Kier alpha value is -3.33. The highest BCUT2D eigenvalue weighted by molar-refractivity contribution is 6.30. The van der Waals surface area contributed by atoms with Crippen LogP contribution in [0.4, 0.5) is 4.79 Å². The molecule has 0 bridgehead atoms. The third-order valence-electron chi connectivity index (χ3n) is 5.84.